The number of aromatic nitrogens is 1. The van der Waals surface area contributed by atoms with Gasteiger partial charge in [-0.3, -0.25) is 9.88 Å². The maximum Gasteiger partial charge on any atom is 0.131 e. The third-order valence-corrected chi connectivity index (χ3v) is 5.65. The number of benzene rings is 2. The Labute approximate surface area is 179 Å². The second-order valence-corrected chi connectivity index (χ2v) is 7.83. The summed E-state index contributed by atoms with van der Waals surface area (Å²) in [7, 11) is 1.69. The highest BCUT2D eigenvalue weighted by Gasteiger charge is 2.17. The van der Waals surface area contributed by atoms with Crippen molar-refractivity contribution < 1.29 is 9.47 Å². The summed E-state index contributed by atoms with van der Waals surface area (Å²) in [6, 6.07) is 20.5. The number of hydrogen-bond donors (Lipinski definition) is 0. The number of rotatable bonds is 7. The Morgan fingerprint density at radius 3 is 2.33 bits per heavy atom. The Morgan fingerprint density at radius 2 is 1.63 bits per heavy atom. The third-order valence-electron chi connectivity index (χ3n) is 5.65. The number of pyridine rings is 1. The number of aryl methyl sites for hydroxylation is 1. The van der Waals surface area contributed by atoms with Gasteiger partial charge in [-0.15, -0.1) is 0 Å². The molecule has 2 aromatic carbocycles. The van der Waals surface area contributed by atoms with E-state index in [1.807, 2.05) is 37.3 Å². The van der Waals surface area contributed by atoms with Crippen LogP contribution < -0.4 is 9.47 Å². The summed E-state index contributed by atoms with van der Waals surface area (Å²) >= 11 is 0. The molecule has 0 N–H and O–H groups in total. The topological polar surface area (TPSA) is 34.6 Å². The molecule has 2 heterocycles. The number of likely N-dealkylation sites (tertiary alicyclic amines) is 1. The fraction of sp³-hybridized carbons (Fsp3) is 0.346. The number of ether oxygens (including phenoxy) is 2. The van der Waals surface area contributed by atoms with Crippen LogP contribution in [0.25, 0.3) is 22.4 Å². The van der Waals surface area contributed by atoms with E-state index in [2.05, 4.69) is 35.2 Å². The smallest absolute Gasteiger partial charge is 0.131 e. The van der Waals surface area contributed by atoms with Gasteiger partial charge in [0.05, 0.1) is 18.4 Å². The van der Waals surface area contributed by atoms with Crippen LogP contribution in [0.4, 0.5) is 0 Å². The average molecular weight is 403 g/mol. The molecule has 1 aliphatic rings. The van der Waals surface area contributed by atoms with E-state index in [1.54, 1.807) is 7.11 Å². The molecule has 30 heavy (non-hydrogen) atoms. The molecule has 0 radical (unpaired) electrons. The molecule has 4 nitrogen and oxygen atoms in total. The van der Waals surface area contributed by atoms with Crippen LogP contribution in [0.1, 0.15) is 25.0 Å². The lowest BCUT2D eigenvalue weighted by Gasteiger charge is -2.26. The van der Waals surface area contributed by atoms with E-state index in [9.17, 15) is 0 Å². The molecule has 1 aromatic heterocycles. The Hall–Kier alpha value is -2.85. The molecule has 1 fully saturated rings. The van der Waals surface area contributed by atoms with Gasteiger partial charge < -0.3 is 9.47 Å². The summed E-state index contributed by atoms with van der Waals surface area (Å²) < 4.78 is 11.7. The van der Waals surface area contributed by atoms with Crippen molar-refractivity contribution in [1.82, 2.24) is 9.88 Å². The van der Waals surface area contributed by atoms with Gasteiger partial charge in [0.2, 0.25) is 0 Å². The molecular formula is C26H30N2O2. The van der Waals surface area contributed by atoms with E-state index in [4.69, 9.17) is 14.5 Å². The SMILES string of the molecule is COc1ccc(-c2c(OCCN3CCCCC3)cc(C)nc2-c2ccccc2)cc1. The van der Waals surface area contributed by atoms with Crippen LogP contribution in [0.3, 0.4) is 0 Å². The normalized spacial score (nSPS) is 14.5. The lowest BCUT2D eigenvalue weighted by Crippen LogP contribution is -2.33. The maximum absolute atomic E-state index is 6.38. The second-order valence-electron chi connectivity index (χ2n) is 7.83. The van der Waals surface area contributed by atoms with Crippen LogP contribution >= 0.6 is 0 Å². The van der Waals surface area contributed by atoms with Crippen molar-refractivity contribution >= 4 is 0 Å². The zero-order chi connectivity index (χ0) is 20.8. The standard InChI is InChI=1S/C26H30N2O2/c1-20-19-24(30-18-17-28-15-7-4-8-16-28)25(21-11-13-23(29-2)14-12-21)26(27-20)22-9-5-3-6-10-22/h3,5-6,9-14,19H,4,7-8,15-18H2,1-2H3. The number of methoxy groups -OCH3 is 1. The Bertz CT molecular complexity index is 949. The van der Waals surface area contributed by atoms with E-state index >= 15 is 0 Å². The lowest BCUT2D eigenvalue weighted by atomic mass is 9.97. The Balaban J connectivity index is 1.69. The highest BCUT2D eigenvalue weighted by Crippen LogP contribution is 2.39. The molecule has 4 heteroatoms. The maximum atomic E-state index is 6.38. The minimum atomic E-state index is 0.681. The zero-order valence-corrected chi connectivity index (χ0v) is 17.9. The first kappa shape index (κ1) is 20.4. The quantitative estimate of drug-likeness (QED) is 0.515. The summed E-state index contributed by atoms with van der Waals surface area (Å²) in [4.78, 5) is 7.40. The highest BCUT2D eigenvalue weighted by atomic mass is 16.5. The fourth-order valence-corrected chi connectivity index (χ4v) is 4.07. The molecule has 0 atom stereocenters. The largest absolute Gasteiger partial charge is 0.497 e. The van der Waals surface area contributed by atoms with Crippen molar-refractivity contribution in [3.63, 3.8) is 0 Å². The first-order valence-corrected chi connectivity index (χ1v) is 10.8. The van der Waals surface area contributed by atoms with Gasteiger partial charge in [0, 0.05) is 23.9 Å². The minimum Gasteiger partial charge on any atom is -0.497 e. The summed E-state index contributed by atoms with van der Waals surface area (Å²) in [5.74, 6) is 1.73. The molecule has 0 unspecified atom stereocenters. The van der Waals surface area contributed by atoms with Crippen molar-refractivity contribution in [3.05, 3.63) is 66.4 Å². The third kappa shape index (κ3) is 4.82. The van der Waals surface area contributed by atoms with Gasteiger partial charge in [-0.25, -0.2) is 0 Å². The summed E-state index contributed by atoms with van der Waals surface area (Å²) in [5, 5.41) is 0. The van der Waals surface area contributed by atoms with Gasteiger partial charge in [-0.05, 0) is 50.6 Å². The van der Waals surface area contributed by atoms with Gasteiger partial charge in [0.1, 0.15) is 18.1 Å². The van der Waals surface area contributed by atoms with Gasteiger partial charge in [0.15, 0.2) is 0 Å². The van der Waals surface area contributed by atoms with Crippen LogP contribution in [0.15, 0.2) is 60.7 Å². The van der Waals surface area contributed by atoms with Crippen molar-refractivity contribution in [2.75, 3.05) is 33.4 Å². The molecule has 3 aromatic rings. The monoisotopic (exact) mass is 402 g/mol. The molecule has 4 rings (SSSR count). The molecule has 156 valence electrons. The van der Waals surface area contributed by atoms with Crippen LogP contribution in [0, 0.1) is 6.92 Å². The van der Waals surface area contributed by atoms with Gasteiger partial charge in [-0.1, -0.05) is 48.9 Å². The van der Waals surface area contributed by atoms with Crippen LogP contribution in [0.2, 0.25) is 0 Å². The van der Waals surface area contributed by atoms with Crippen LogP contribution in [0.5, 0.6) is 11.5 Å². The summed E-state index contributed by atoms with van der Waals surface area (Å²) in [5.41, 5.74) is 5.11. The minimum absolute atomic E-state index is 0.681. The average Bonchev–Trinajstić information content (AvgIpc) is 2.80. The number of nitrogens with zero attached hydrogens (tertiary/aromatic N) is 2. The van der Waals surface area contributed by atoms with Crippen molar-refractivity contribution in [2.24, 2.45) is 0 Å². The van der Waals surface area contributed by atoms with Crippen LogP contribution in [-0.2, 0) is 0 Å². The van der Waals surface area contributed by atoms with Crippen molar-refractivity contribution in [1.29, 1.82) is 0 Å². The molecule has 0 aliphatic carbocycles. The Kier molecular flexibility index (Phi) is 6.65. The van der Waals surface area contributed by atoms with Crippen LogP contribution in [-0.4, -0.2) is 43.2 Å². The van der Waals surface area contributed by atoms with Crippen molar-refractivity contribution in [2.45, 2.75) is 26.2 Å². The fourth-order valence-electron chi connectivity index (χ4n) is 4.07. The summed E-state index contributed by atoms with van der Waals surface area (Å²) in [6.07, 6.45) is 3.94. The molecule has 0 spiro atoms. The van der Waals surface area contributed by atoms with Gasteiger partial charge in [-0.2, -0.15) is 0 Å². The van der Waals surface area contributed by atoms with E-state index in [1.165, 1.54) is 32.4 Å². The predicted molar refractivity (Wildman–Crippen MR) is 122 cm³/mol. The summed E-state index contributed by atoms with van der Waals surface area (Å²) in [6.45, 7) is 6.03. The van der Waals surface area contributed by atoms with E-state index < -0.39 is 0 Å². The van der Waals surface area contributed by atoms with E-state index in [-0.39, 0.29) is 0 Å². The Morgan fingerprint density at radius 1 is 0.900 bits per heavy atom. The predicted octanol–water partition coefficient (Wildman–Crippen LogP) is 5.60. The first-order valence-electron chi connectivity index (χ1n) is 10.8. The van der Waals surface area contributed by atoms with Gasteiger partial charge in [0.25, 0.3) is 0 Å². The van der Waals surface area contributed by atoms with Gasteiger partial charge >= 0.3 is 0 Å². The number of hydrogen-bond acceptors (Lipinski definition) is 4. The second kappa shape index (κ2) is 9.77. The first-order chi connectivity index (χ1) is 14.7. The molecule has 1 aliphatic heterocycles. The molecule has 0 saturated carbocycles. The highest BCUT2D eigenvalue weighted by molar-refractivity contribution is 5.85. The number of piperidine rings is 1. The molecular weight excluding hydrogens is 372 g/mol. The zero-order valence-electron chi connectivity index (χ0n) is 17.9. The molecule has 0 bridgehead atoms. The molecule has 1 saturated heterocycles. The lowest BCUT2D eigenvalue weighted by molar-refractivity contribution is 0.183. The van der Waals surface area contributed by atoms with E-state index in [0.717, 1.165) is 46.1 Å². The molecule has 0 amide bonds. The van der Waals surface area contributed by atoms with E-state index in [0.29, 0.717) is 6.61 Å². The van der Waals surface area contributed by atoms with Crippen molar-refractivity contribution in [3.8, 4) is 33.9 Å².